The second-order valence-electron chi connectivity index (χ2n) is 6.67. The minimum absolute atomic E-state index is 0.390. The van der Waals surface area contributed by atoms with Crippen LogP contribution in [-0.2, 0) is 14.4 Å². The molecule has 4 amide bonds. The van der Waals surface area contributed by atoms with Crippen LogP contribution in [0.5, 0.6) is 0 Å². The van der Waals surface area contributed by atoms with Gasteiger partial charge in [0.05, 0.1) is 0 Å². The molecule has 1 aliphatic carbocycles. The molecule has 1 aromatic carbocycles. The average molecular weight is 359 g/mol. The molecule has 8 nitrogen and oxygen atoms in total. The summed E-state index contributed by atoms with van der Waals surface area (Å²) in [6.45, 7) is -1.02. The van der Waals surface area contributed by atoms with Crippen molar-refractivity contribution in [1.29, 1.82) is 0 Å². The van der Waals surface area contributed by atoms with E-state index in [4.69, 9.17) is 5.11 Å². The van der Waals surface area contributed by atoms with Crippen molar-refractivity contribution in [3.8, 4) is 0 Å². The van der Waals surface area contributed by atoms with Gasteiger partial charge in [-0.1, -0.05) is 37.5 Å². The van der Waals surface area contributed by atoms with Crippen molar-refractivity contribution in [1.82, 2.24) is 10.2 Å². The number of rotatable bonds is 5. The quantitative estimate of drug-likeness (QED) is 0.772. The molecule has 1 aliphatic heterocycles. The molecule has 0 atom stereocenters. The predicted molar refractivity (Wildman–Crippen MR) is 92.5 cm³/mol. The van der Waals surface area contributed by atoms with Crippen molar-refractivity contribution >= 4 is 29.5 Å². The molecule has 2 fully saturated rings. The molecule has 26 heavy (non-hydrogen) atoms. The second-order valence-corrected chi connectivity index (χ2v) is 6.67. The van der Waals surface area contributed by atoms with Crippen LogP contribution in [0.3, 0.4) is 0 Å². The van der Waals surface area contributed by atoms with Crippen LogP contribution < -0.4 is 10.2 Å². The Labute approximate surface area is 150 Å². The Balaban J connectivity index is 1.77. The number of nitrogens with zero attached hydrogens (tertiary/aromatic N) is 2. The standard InChI is InChI=1S/C18H21N3O5/c22-14(20(12-15(23)24)13-7-3-1-4-8-13)11-21-16(25)18(19-17(21)26)9-5-2-6-10-18/h1,3-4,7-8H,2,5-6,9-12H2,(H,19,26)(H,23,24). The molecule has 0 aromatic heterocycles. The monoisotopic (exact) mass is 359 g/mol. The molecule has 2 aliphatic rings. The van der Waals surface area contributed by atoms with E-state index in [-0.39, 0.29) is 5.91 Å². The van der Waals surface area contributed by atoms with E-state index in [9.17, 15) is 19.2 Å². The van der Waals surface area contributed by atoms with E-state index in [2.05, 4.69) is 5.32 Å². The summed E-state index contributed by atoms with van der Waals surface area (Å²) in [6, 6.07) is 7.74. The molecular formula is C18H21N3O5. The highest BCUT2D eigenvalue weighted by molar-refractivity contribution is 6.11. The number of carbonyl (C=O) groups excluding carboxylic acids is 3. The number of hydrogen-bond donors (Lipinski definition) is 2. The van der Waals surface area contributed by atoms with E-state index in [0.717, 1.165) is 29.1 Å². The lowest BCUT2D eigenvalue weighted by Gasteiger charge is -2.30. The van der Waals surface area contributed by atoms with Gasteiger partial charge in [0.25, 0.3) is 5.91 Å². The highest BCUT2D eigenvalue weighted by atomic mass is 16.4. The highest BCUT2D eigenvalue weighted by Crippen LogP contribution is 2.33. The largest absolute Gasteiger partial charge is 0.480 e. The number of para-hydroxylation sites is 1. The lowest BCUT2D eigenvalue weighted by Crippen LogP contribution is -2.49. The number of amides is 4. The summed E-state index contributed by atoms with van der Waals surface area (Å²) in [6.07, 6.45) is 3.86. The summed E-state index contributed by atoms with van der Waals surface area (Å²) in [7, 11) is 0. The van der Waals surface area contributed by atoms with Crippen LogP contribution in [-0.4, -0.2) is 52.4 Å². The Morgan fingerprint density at radius 2 is 1.77 bits per heavy atom. The molecule has 138 valence electrons. The van der Waals surface area contributed by atoms with Gasteiger partial charge in [0.1, 0.15) is 18.6 Å². The summed E-state index contributed by atoms with van der Waals surface area (Å²) < 4.78 is 0. The molecule has 0 unspecified atom stereocenters. The molecule has 3 rings (SSSR count). The van der Waals surface area contributed by atoms with Crippen molar-refractivity contribution in [3.63, 3.8) is 0 Å². The number of aliphatic carboxylic acids is 1. The zero-order chi connectivity index (χ0) is 18.7. The van der Waals surface area contributed by atoms with Crippen molar-refractivity contribution < 1.29 is 24.3 Å². The first kappa shape index (κ1) is 17.9. The van der Waals surface area contributed by atoms with Crippen molar-refractivity contribution in [2.45, 2.75) is 37.6 Å². The van der Waals surface area contributed by atoms with Crippen LogP contribution in [0.4, 0.5) is 10.5 Å². The molecule has 1 heterocycles. The molecule has 1 saturated heterocycles. The Morgan fingerprint density at radius 3 is 2.38 bits per heavy atom. The van der Waals surface area contributed by atoms with Gasteiger partial charge in [-0.05, 0) is 25.0 Å². The van der Waals surface area contributed by atoms with Gasteiger partial charge in [0, 0.05) is 5.69 Å². The highest BCUT2D eigenvalue weighted by Gasteiger charge is 2.51. The van der Waals surface area contributed by atoms with Crippen LogP contribution in [0.2, 0.25) is 0 Å². The summed E-state index contributed by atoms with van der Waals surface area (Å²) >= 11 is 0. The van der Waals surface area contributed by atoms with Crippen LogP contribution in [0.25, 0.3) is 0 Å². The Hall–Kier alpha value is -2.90. The van der Waals surface area contributed by atoms with Crippen molar-refractivity contribution in [3.05, 3.63) is 30.3 Å². The zero-order valence-corrected chi connectivity index (χ0v) is 14.3. The SMILES string of the molecule is O=C(O)CN(C(=O)CN1C(=O)NC2(CCCCC2)C1=O)c1ccccc1. The van der Waals surface area contributed by atoms with E-state index in [0.29, 0.717) is 18.5 Å². The number of benzene rings is 1. The van der Waals surface area contributed by atoms with Gasteiger partial charge in [-0.2, -0.15) is 0 Å². The summed E-state index contributed by atoms with van der Waals surface area (Å²) in [4.78, 5) is 50.8. The van der Waals surface area contributed by atoms with Crippen LogP contribution in [0.15, 0.2) is 30.3 Å². The van der Waals surface area contributed by atoms with E-state index >= 15 is 0 Å². The van der Waals surface area contributed by atoms with E-state index < -0.39 is 36.5 Å². The molecule has 1 spiro atoms. The third kappa shape index (κ3) is 3.40. The van der Waals surface area contributed by atoms with Crippen LogP contribution >= 0.6 is 0 Å². The van der Waals surface area contributed by atoms with Crippen LogP contribution in [0.1, 0.15) is 32.1 Å². The van der Waals surface area contributed by atoms with Crippen molar-refractivity contribution in [2.75, 3.05) is 18.0 Å². The Bertz CT molecular complexity index is 728. The first-order valence-corrected chi connectivity index (χ1v) is 8.64. The number of imide groups is 1. The van der Waals surface area contributed by atoms with Gasteiger partial charge in [0.2, 0.25) is 5.91 Å². The second kappa shape index (κ2) is 7.15. The van der Waals surface area contributed by atoms with E-state index in [1.165, 1.54) is 0 Å². The fraction of sp³-hybridized carbons (Fsp3) is 0.444. The van der Waals surface area contributed by atoms with Crippen LogP contribution in [0, 0.1) is 0 Å². The molecule has 2 N–H and O–H groups in total. The summed E-state index contributed by atoms with van der Waals surface area (Å²) in [5, 5.41) is 11.8. The first-order chi connectivity index (χ1) is 12.4. The number of carbonyl (C=O) groups is 4. The minimum atomic E-state index is -1.18. The number of hydrogen-bond acceptors (Lipinski definition) is 4. The lowest BCUT2D eigenvalue weighted by molar-refractivity contribution is -0.137. The molecular weight excluding hydrogens is 338 g/mol. The van der Waals surface area contributed by atoms with E-state index in [1.807, 2.05) is 0 Å². The number of nitrogens with one attached hydrogen (secondary N) is 1. The fourth-order valence-corrected chi connectivity index (χ4v) is 3.60. The topological polar surface area (TPSA) is 107 Å². The average Bonchev–Trinajstić information content (AvgIpc) is 2.85. The molecule has 8 heteroatoms. The minimum Gasteiger partial charge on any atom is -0.480 e. The normalized spacial score (nSPS) is 18.7. The third-order valence-corrected chi connectivity index (χ3v) is 4.91. The molecule has 1 aromatic rings. The Morgan fingerprint density at radius 1 is 1.12 bits per heavy atom. The molecule has 0 bridgehead atoms. The van der Waals surface area contributed by atoms with Gasteiger partial charge < -0.3 is 10.4 Å². The fourth-order valence-electron chi connectivity index (χ4n) is 3.60. The first-order valence-electron chi connectivity index (χ1n) is 8.64. The van der Waals surface area contributed by atoms with E-state index in [1.54, 1.807) is 30.3 Å². The summed E-state index contributed by atoms with van der Waals surface area (Å²) in [5.74, 6) is -2.18. The predicted octanol–water partition coefficient (Wildman–Crippen LogP) is 1.36. The van der Waals surface area contributed by atoms with Gasteiger partial charge in [-0.15, -0.1) is 0 Å². The molecule has 0 radical (unpaired) electrons. The van der Waals surface area contributed by atoms with Gasteiger partial charge in [-0.25, -0.2) is 4.79 Å². The zero-order valence-electron chi connectivity index (χ0n) is 14.3. The number of anilines is 1. The number of carboxylic acids is 1. The summed E-state index contributed by atoms with van der Waals surface area (Å²) in [5.41, 5.74) is -0.501. The smallest absolute Gasteiger partial charge is 0.325 e. The number of carboxylic acid groups (broad SMARTS) is 1. The van der Waals surface area contributed by atoms with Gasteiger partial charge in [-0.3, -0.25) is 24.2 Å². The van der Waals surface area contributed by atoms with Gasteiger partial charge in [0.15, 0.2) is 0 Å². The molecule has 1 saturated carbocycles. The Kier molecular flexibility index (Phi) is 4.92. The maximum Gasteiger partial charge on any atom is 0.325 e. The number of urea groups is 1. The lowest BCUT2D eigenvalue weighted by atomic mass is 9.82. The van der Waals surface area contributed by atoms with Gasteiger partial charge >= 0.3 is 12.0 Å². The third-order valence-electron chi connectivity index (χ3n) is 4.91. The van der Waals surface area contributed by atoms with Crippen molar-refractivity contribution in [2.24, 2.45) is 0 Å². The maximum atomic E-state index is 12.8. The maximum absolute atomic E-state index is 12.8.